The van der Waals surface area contributed by atoms with Crippen molar-refractivity contribution < 1.29 is 27.2 Å². The van der Waals surface area contributed by atoms with E-state index in [4.69, 9.17) is 25.5 Å². The lowest BCUT2D eigenvalue weighted by Crippen LogP contribution is -2.15. The Morgan fingerprint density at radius 3 is 2.64 bits per heavy atom. The molecule has 4 N–H and O–H groups in total. The number of nitrogen functional groups attached to an aromatic ring is 2. The van der Waals surface area contributed by atoms with Crippen LogP contribution in [-0.4, -0.2) is 21.7 Å². The molecule has 0 saturated carbocycles. The minimum Gasteiger partial charge on any atom is -0.492 e. The highest BCUT2D eigenvalue weighted by molar-refractivity contribution is 5.97. The van der Waals surface area contributed by atoms with Crippen molar-refractivity contribution in [1.29, 1.82) is 0 Å². The maximum Gasteiger partial charge on any atom is 0.416 e. The number of hydrogen-bond acceptors (Lipinski definition) is 8. The molecule has 0 aliphatic carbocycles. The van der Waals surface area contributed by atoms with Gasteiger partial charge in [0, 0.05) is 17.2 Å². The molecule has 0 spiro atoms. The minimum atomic E-state index is -4.58. The summed E-state index contributed by atoms with van der Waals surface area (Å²) < 4.78 is 57.5. The first-order valence-electron chi connectivity index (χ1n) is 10.0. The molecule has 33 heavy (non-hydrogen) atoms. The predicted octanol–water partition coefficient (Wildman–Crippen LogP) is 5.15. The number of rotatable bonds is 3. The van der Waals surface area contributed by atoms with Crippen LogP contribution in [0.1, 0.15) is 30.4 Å². The summed E-state index contributed by atoms with van der Waals surface area (Å²) in [7, 11) is 0. The van der Waals surface area contributed by atoms with E-state index < -0.39 is 11.7 Å². The van der Waals surface area contributed by atoms with Gasteiger partial charge in [-0.2, -0.15) is 18.2 Å². The molecule has 3 heterocycles. The van der Waals surface area contributed by atoms with Gasteiger partial charge in [0.25, 0.3) is 0 Å². The van der Waals surface area contributed by atoms with E-state index in [1.807, 2.05) is 6.92 Å². The Hall–Kier alpha value is -4.02. The van der Waals surface area contributed by atoms with Crippen LogP contribution in [0.4, 0.5) is 24.9 Å². The van der Waals surface area contributed by atoms with E-state index in [1.54, 1.807) is 6.07 Å². The van der Waals surface area contributed by atoms with Crippen LogP contribution < -0.4 is 20.9 Å². The smallest absolute Gasteiger partial charge is 0.416 e. The SMILES string of the molecule is CC1CCOc2c1c(Oc1cc(-c3cnoc3)cc(C(F)(F)F)c1)cc1nc(N)nc(N)c21. The fraction of sp³-hybridized carbons (Fsp3) is 0.227. The van der Waals surface area contributed by atoms with E-state index in [2.05, 4.69) is 15.1 Å². The summed E-state index contributed by atoms with van der Waals surface area (Å²) in [6, 6.07) is 5.02. The molecule has 0 saturated heterocycles. The first kappa shape index (κ1) is 20.9. The van der Waals surface area contributed by atoms with E-state index >= 15 is 0 Å². The first-order chi connectivity index (χ1) is 15.7. The van der Waals surface area contributed by atoms with E-state index in [9.17, 15) is 13.2 Å². The van der Waals surface area contributed by atoms with Crippen molar-refractivity contribution >= 4 is 22.7 Å². The summed E-state index contributed by atoms with van der Waals surface area (Å²) in [5, 5.41) is 4.06. The highest BCUT2D eigenvalue weighted by Crippen LogP contribution is 2.48. The zero-order valence-electron chi connectivity index (χ0n) is 17.3. The van der Waals surface area contributed by atoms with Gasteiger partial charge in [0.05, 0.1) is 29.3 Å². The van der Waals surface area contributed by atoms with Crippen molar-refractivity contribution in [3.05, 3.63) is 47.9 Å². The van der Waals surface area contributed by atoms with Crippen molar-refractivity contribution in [3.8, 4) is 28.4 Å². The lowest BCUT2D eigenvalue weighted by Gasteiger charge is -2.27. The van der Waals surface area contributed by atoms with Crippen molar-refractivity contribution in [2.75, 3.05) is 18.1 Å². The molecular weight excluding hydrogens is 439 g/mol. The number of nitrogens with zero attached hydrogens (tertiary/aromatic N) is 3. The normalized spacial score (nSPS) is 15.8. The van der Waals surface area contributed by atoms with Crippen LogP contribution in [-0.2, 0) is 6.18 Å². The predicted molar refractivity (Wildman–Crippen MR) is 114 cm³/mol. The van der Waals surface area contributed by atoms with E-state index in [1.165, 1.54) is 18.5 Å². The number of halogens is 3. The van der Waals surface area contributed by atoms with Crippen molar-refractivity contribution in [2.45, 2.75) is 25.4 Å². The number of alkyl halides is 3. The van der Waals surface area contributed by atoms with Gasteiger partial charge in [-0.05, 0) is 36.1 Å². The number of ether oxygens (including phenoxy) is 2. The van der Waals surface area contributed by atoms with Crippen molar-refractivity contribution in [2.24, 2.45) is 0 Å². The van der Waals surface area contributed by atoms with Gasteiger partial charge in [0.1, 0.15) is 29.3 Å². The monoisotopic (exact) mass is 457 g/mol. The largest absolute Gasteiger partial charge is 0.492 e. The minimum absolute atomic E-state index is 0.00607. The molecule has 1 atom stereocenters. The zero-order valence-corrected chi connectivity index (χ0v) is 17.3. The molecule has 1 unspecified atom stereocenters. The number of hydrogen-bond donors (Lipinski definition) is 2. The fourth-order valence-electron chi connectivity index (χ4n) is 3.95. The molecule has 0 radical (unpaired) electrons. The summed E-state index contributed by atoms with van der Waals surface area (Å²) in [6.45, 7) is 2.42. The van der Waals surface area contributed by atoms with Gasteiger partial charge >= 0.3 is 6.18 Å². The maximum atomic E-state index is 13.6. The Morgan fingerprint density at radius 2 is 1.91 bits per heavy atom. The molecule has 0 amide bonds. The van der Waals surface area contributed by atoms with Crippen LogP contribution in [0.2, 0.25) is 0 Å². The highest BCUT2D eigenvalue weighted by atomic mass is 19.4. The average molecular weight is 457 g/mol. The lowest BCUT2D eigenvalue weighted by molar-refractivity contribution is -0.137. The second-order valence-corrected chi connectivity index (χ2v) is 7.78. The molecule has 1 aliphatic heterocycles. The van der Waals surface area contributed by atoms with Crippen LogP contribution >= 0.6 is 0 Å². The zero-order chi connectivity index (χ0) is 23.3. The maximum absolute atomic E-state index is 13.6. The highest BCUT2D eigenvalue weighted by Gasteiger charge is 2.32. The molecule has 170 valence electrons. The molecule has 8 nitrogen and oxygen atoms in total. The van der Waals surface area contributed by atoms with Gasteiger partial charge < -0.3 is 25.5 Å². The van der Waals surface area contributed by atoms with Crippen LogP contribution in [0, 0.1) is 0 Å². The third-order valence-corrected chi connectivity index (χ3v) is 5.50. The summed E-state index contributed by atoms with van der Waals surface area (Å²) in [4.78, 5) is 8.22. The molecule has 0 bridgehead atoms. The summed E-state index contributed by atoms with van der Waals surface area (Å²) in [5.41, 5.74) is 12.6. The van der Waals surface area contributed by atoms with Gasteiger partial charge in [-0.15, -0.1) is 0 Å². The van der Waals surface area contributed by atoms with Gasteiger partial charge in [-0.3, -0.25) is 0 Å². The van der Waals surface area contributed by atoms with Crippen LogP contribution in [0.25, 0.3) is 22.0 Å². The number of anilines is 2. The van der Waals surface area contributed by atoms with E-state index in [0.29, 0.717) is 46.6 Å². The molecule has 2 aromatic carbocycles. The first-order valence-corrected chi connectivity index (χ1v) is 10.0. The summed E-state index contributed by atoms with van der Waals surface area (Å²) in [6.07, 6.45) is -1.30. The molecule has 4 aromatic rings. The van der Waals surface area contributed by atoms with Crippen molar-refractivity contribution in [3.63, 3.8) is 0 Å². The van der Waals surface area contributed by atoms with Gasteiger partial charge in [0.15, 0.2) is 0 Å². The standard InChI is InChI=1S/C22H18F3N5O3/c1-10-2-3-31-19-17(10)16(7-15-18(19)20(26)30-21(27)29-15)33-14-5-11(12-8-28-32-9-12)4-13(6-14)22(23,24)25/h4-10H,2-3H2,1H3,(H4,26,27,29,30). The Kier molecular flexibility index (Phi) is 4.76. The quantitative estimate of drug-likeness (QED) is 0.433. The van der Waals surface area contributed by atoms with Crippen LogP contribution in [0.15, 0.2) is 41.2 Å². The summed E-state index contributed by atoms with van der Waals surface area (Å²) in [5.74, 6) is 0.846. The third kappa shape index (κ3) is 3.75. The Morgan fingerprint density at radius 1 is 1.09 bits per heavy atom. The number of benzene rings is 2. The molecule has 1 aliphatic rings. The molecule has 11 heteroatoms. The van der Waals surface area contributed by atoms with E-state index in [0.717, 1.165) is 12.1 Å². The van der Waals surface area contributed by atoms with Crippen molar-refractivity contribution in [1.82, 2.24) is 15.1 Å². The van der Waals surface area contributed by atoms with Gasteiger partial charge in [-0.25, -0.2) is 4.98 Å². The number of nitrogens with two attached hydrogens (primary N) is 2. The Labute approximate surface area is 185 Å². The van der Waals surface area contributed by atoms with E-state index in [-0.39, 0.29) is 29.0 Å². The second kappa shape index (κ2) is 7.54. The molecular formula is C22H18F3N5O3. The van der Waals surface area contributed by atoms with Gasteiger partial charge in [0.2, 0.25) is 5.95 Å². The Bertz CT molecular complexity index is 1360. The third-order valence-electron chi connectivity index (χ3n) is 5.50. The summed E-state index contributed by atoms with van der Waals surface area (Å²) >= 11 is 0. The second-order valence-electron chi connectivity index (χ2n) is 7.78. The molecule has 5 rings (SSSR count). The molecule has 2 aromatic heterocycles. The fourth-order valence-corrected chi connectivity index (χ4v) is 3.95. The number of fused-ring (bicyclic) bond motifs is 3. The Balaban J connectivity index is 1.70. The average Bonchev–Trinajstić information content (AvgIpc) is 3.27. The number of aromatic nitrogens is 3. The van der Waals surface area contributed by atoms with Crippen LogP contribution in [0.3, 0.4) is 0 Å². The topological polar surface area (TPSA) is 122 Å². The van der Waals surface area contributed by atoms with Crippen LogP contribution in [0.5, 0.6) is 17.2 Å². The van der Waals surface area contributed by atoms with Gasteiger partial charge in [-0.1, -0.05) is 12.1 Å². The lowest BCUT2D eigenvalue weighted by atomic mass is 9.92. The molecule has 0 fully saturated rings.